The predicted molar refractivity (Wildman–Crippen MR) is 65.8 cm³/mol. The third kappa shape index (κ3) is 3.46. The molecule has 0 saturated carbocycles. The fourth-order valence-electron chi connectivity index (χ4n) is 1.44. The van der Waals surface area contributed by atoms with Crippen LogP contribution in [0.4, 0.5) is 18.3 Å². The molecule has 0 spiro atoms. The molecule has 1 aromatic heterocycles. The van der Waals surface area contributed by atoms with E-state index in [9.17, 15) is 13.2 Å². The van der Waals surface area contributed by atoms with Crippen molar-refractivity contribution in [3.8, 4) is 0 Å². The molecule has 0 amide bonds. The van der Waals surface area contributed by atoms with Crippen LogP contribution in [0, 0.1) is 0 Å². The van der Waals surface area contributed by atoms with Gasteiger partial charge in [-0.05, 0) is 12.0 Å². The van der Waals surface area contributed by atoms with Crippen LogP contribution in [0.5, 0.6) is 0 Å². The highest BCUT2D eigenvalue weighted by molar-refractivity contribution is 7.13. The number of hydrogen-bond donors (Lipinski definition) is 1. The Morgan fingerprint density at radius 1 is 1.17 bits per heavy atom. The number of hydrogen-bond acceptors (Lipinski definition) is 3. The van der Waals surface area contributed by atoms with Crippen molar-refractivity contribution >= 4 is 16.5 Å². The van der Waals surface area contributed by atoms with E-state index >= 15 is 0 Å². The molecule has 18 heavy (non-hydrogen) atoms. The SMILES string of the molecule is FC(F)(F)c1csc(NCCc2ccccc2)n1. The van der Waals surface area contributed by atoms with E-state index in [1.165, 1.54) is 0 Å². The summed E-state index contributed by atoms with van der Waals surface area (Å²) in [6, 6.07) is 9.74. The van der Waals surface area contributed by atoms with Gasteiger partial charge in [-0.25, -0.2) is 4.98 Å². The van der Waals surface area contributed by atoms with Gasteiger partial charge in [-0.15, -0.1) is 11.3 Å². The molecular formula is C12H11F3N2S. The van der Waals surface area contributed by atoms with Gasteiger partial charge in [0, 0.05) is 11.9 Å². The third-order valence-corrected chi connectivity index (χ3v) is 3.13. The number of alkyl halides is 3. The number of rotatable bonds is 4. The number of thiazole rings is 1. The van der Waals surface area contributed by atoms with Gasteiger partial charge in [0.05, 0.1) is 0 Å². The van der Waals surface area contributed by atoms with E-state index in [0.29, 0.717) is 11.7 Å². The summed E-state index contributed by atoms with van der Waals surface area (Å²) < 4.78 is 36.9. The largest absolute Gasteiger partial charge is 0.434 e. The summed E-state index contributed by atoms with van der Waals surface area (Å²) in [7, 11) is 0. The van der Waals surface area contributed by atoms with Gasteiger partial charge in [0.25, 0.3) is 0 Å². The molecule has 2 nitrogen and oxygen atoms in total. The van der Waals surface area contributed by atoms with Crippen molar-refractivity contribution in [3.63, 3.8) is 0 Å². The monoisotopic (exact) mass is 272 g/mol. The summed E-state index contributed by atoms with van der Waals surface area (Å²) in [6.07, 6.45) is -3.61. The van der Waals surface area contributed by atoms with Crippen molar-refractivity contribution < 1.29 is 13.2 Å². The third-order valence-electron chi connectivity index (χ3n) is 2.33. The lowest BCUT2D eigenvalue weighted by Crippen LogP contribution is -2.07. The van der Waals surface area contributed by atoms with Crippen molar-refractivity contribution in [3.05, 3.63) is 47.0 Å². The fourth-order valence-corrected chi connectivity index (χ4v) is 2.19. The highest BCUT2D eigenvalue weighted by atomic mass is 32.1. The summed E-state index contributed by atoms with van der Waals surface area (Å²) in [5.74, 6) is 0. The lowest BCUT2D eigenvalue weighted by Gasteiger charge is -2.03. The quantitative estimate of drug-likeness (QED) is 0.915. The van der Waals surface area contributed by atoms with Crippen LogP contribution in [0.1, 0.15) is 11.3 Å². The Kier molecular flexibility index (Phi) is 3.86. The van der Waals surface area contributed by atoms with E-state index in [0.717, 1.165) is 28.7 Å². The van der Waals surface area contributed by atoms with Gasteiger partial charge in [0.15, 0.2) is 10.8 Å². The summed E-state index contributed by atoms with van der Waals surface area (Å²) in [5.41, 5.74) is 0.298. The first kappa shape index (κ1) is 12.9. The normalized spacial score (nSPS) is 11.5. The number of nitrogens with one attached hydrogen (secondary N) is 1. The molecule has 0 atom stereocenters. The Morgan fingerprint density at radius 2 is 1.89 bits per heavy atom. The van der Waals surface area contributed by atoms with E-state index in [-0.39, 0.29) is 0 Å². The van der Waals surface area contributed by atoms with Crippen molar-refractivity contribution in [2.45, 2.75) is 12.6 Å². The first-order chi connectivity index (χ1) is 8.55. The Balaban J connectivity index is 1.86. The van der Waals surface area contributed by atoms with Crippen LogP contribution < -0.4 is 5.32 Å². The average molecular weight is 272 g/mol. The summed E-state index contributed by atoms with van der Waals surface area (Å²) in [6.45, 7) is 0.564. The highest BCUT2D eigenvalue weighted by Gasteiger charge is 2.33. The molecule has 0 radical (unpaired) electrons. The molecule has 2 rings (SSSR count). The first-order valence-corrected chi connectivity index (χ1v) is 6.24. The Hall–Kier alpha value is -1.56. The molecule has 2 aromatic rings. The molecule has 0 fully saturated rings. The van der Waals surface area contributed by atoms with Crippen LogP contribution in [0.25, 0.3) is 0 Å². The van der Waals surface area contributed by atoms with Crippen LogP contribution >= 0.6 is 11.3 Å². The van der Waals surface area contributed by atoms with Gasteiger partial charge in [-0.3, -0.25) is 0 Å². The number of halogens is 3. The molecule has 1 aromatic carbocycles. The zero-order valence-electron chi connectivity index (χ0n) is 9.37. The van der Waals surface area contributed by atoms with Crippen LogP contribution in [0.15, 0.2) is 35.7 Å². The number of nitrogens with zero attached hydrogens (tertiary/aromatic N) is 1. The van der Waals surface area contributed by atoms with E-state index in [4.69, 9.17) is 0 Å². The van der Waals surface area contributed by atoms with E-state index in [1.54, 1.807) is 0 Å². The zero-order chi connectivity index (χ0) is 13.0. The predicted octanol–water partition coefficient (Wildman–Crippen LogP) is 3.82. The molecule has 1 N–H and O–H groups in total. The number of benzene rings is 1. The Bertz CT molecular complexity index is 494. The minimum atomic E-state index is -4.37. The molecule has 0 unspecified atom stereocenters. The molecular weight excluding hydrogens is 261 g/mol. The second-order valence-electron chi connectivity index (χ2n) is 3.70. The number of anilines is 1. The lowest BCUT2D eigenvalue weighted by atomic mass is 10.2. The Labute approximate surface area is 106 Å². The van der Waals surface area contributed by atoms with Crippen LogP contribution in [0.2, 0.25) is 0 Å². The summed E-state index contributed by atoms with van der Waals surface area (Å²) >= 11 is 0.969. The molecule has 0 aliphatic rings. The molecule has 96 valence electrons. The van der Waals surface area contributed by atoms with Gasteiger partial charge in [0.2, 0.25) is 0 Å². The molecule has 0 bridgehead atoms. The highest BCUT2D eigenvalue weighted by Crippen LogP contribution is 2.31. The number of aromatic nitrogens is 1. The molecule has 0 saturated heterocycles. The van der Waals surface area contributed by atoms with Crippen molar-refractivity contribution in [1.29, 1.82) is 0 Å². The molecule has 0 aliphatic carbocycles. The molecule has 6 heteroatoms. The van der Waals surface area contributed by atoms with Crippen LogP contribution in [0.3, 0.4) is 0 Å². The van der Waals surface area contributed by atoms with Gasteiger partial charge < -0.3 is 5.32 Å². The maximum absolute atomic E-state index is 12.3. The van der Waals surface area contributed by atoms with E-state index in [1.807, 2.05) is 30.3 Å². The average Bonchev–Trinajstić information content (AvgIpc) is 2.79. The molecule has 1 heterocycles. The van der Waals surface area contributed by atoms with Gasteiger partial charge in [0.1, 0.15) is 0 Å². The standard InChI is InChI=1S/C12H11F3N2S/c13-12(14,15)10-8-18-11(17-10)16-7-6-9-4-2-1-3-5-9/h1-5,8H,6-7H2,(H,16,17). The van der Waals surface area contributed by atoms with E-state index in [2.05, 4.69) is 10.3 Å². The smallest absolute Gasteiger partial charge is 0.361 e. The second-order valence-corrected chi connectivity index (χ2v) is 4.56. The zero-order valence-corrected chi connectivity index (χ0v) is 10.2. The maximum atomic E-state index is 12.3. The van der Waals surface area contributed by atoms with Crippen LogP contribution in [-0.4, -0.2) is 11.5 Å². The maximum Gasteiger partial charge on any atom is 0.434 e. The first-order valence-electron chi connectivity index (χ1n) is 5.36. The lowest BCUT2D eigenvalue weighted by molar-refractivity contribution is -0.140. The van der Waals surface area contributed by atoms with Crippen LogP contribution in [-0.2, 0) is 12.6 Å². The summed E-state index contributed by atoms with van der Waals surface area (Å²) in [5, 5.41) is 4.22. The fraction of sp³-hybridized carbons (Fsp3) is 0.250. The molecule has 0 aliphatic heterocycles. The van der Waals surface area contributed by atoms with Crippen molar-refractivity contribution in [2.24, 2.45) is 0 Å². The Morgan fingerprint density at radius 3 is 2.50 bits per heavy atom. The van der Waals surface area contributed by atoms with Crippen molar-refractivity contribution in [2.75, 3.05) is 11.9 Å². The topological polar surface area (TPSA) is 24.9 Å². The minimum Gasteiger partial charge on any atom is -0.361 e. The van der Waals surface area contributed by atoms with Crippen molar-refractivity contribution in [1.82, 2.24) is 4.98 Å². The van der Waals surface area contributed by atoms with Gasteiger partial charge in [-0.1, -0.05) is 30.3 Å². The van der Waals surface area contributed by atoms with Gasteiger partial charge in [-0.2, -0.15) is 13.2 Å². The second kappa shape index (κ2) is 5.39. The van der Waals surface area contributed by atoms with E-state index < -0.39 is 11.9 Å². The summed E-state index contributed by atoms with van der Waals surface area (Å²) in [4.78, 5) is 3.50. The van der Waals surface area contributed by atoms with Gasteiger partial charge >= 0.3 is 6.18 Å². The minimum absolute atomic E-state index is 0.304.